The Labute approximate surface area is 85.7 Å². The normalized spacial score (nSPS) is 10.2. The zero-order valence-electron chi connectivity index (χ0n) is 8.10. The van der Waals surface area contributed by atoms with Crippen molar-refractivity contribution in [3.05, 3.63) is 30.5 Å². The van der Waals surface area contributed by atoms with Crippen LogP contribution in [0.1, 0.15) is 17.4 Å². The minimum atomic E-state index is -0.516. The molecule has 0 unspecified atom stereocenters. The third kappa shape index (κ3) is 1.76. The Balaban J connectivity index is 2.34. The third-order valence-corrected chi connectivity index (χ3v) is 1.78. The fraction of sp³-hybridized carbons (Fsp3) is 0.200. The van der Waals surface area contributed by atoms with Gasteiger partial charge in [-0.1, -0.05) is 0 Å². The molecule has 2 rings (SSSR count). The molecule has 0 amide bonds. The zero-order chi connectivity index (χ0) is 10.7. The summed E-state index contributed by atoms with van der Waals surface area (Å²) < 4.78 is 15.0. The monoisotopic (exact) mass is 207 g/mol. The van der Waals surface area contributed by atoms with E-state index in [2.05, 4.69) is 4.98 Å². The molecule has 0 saturated heterocycles. The predicted octanol–water partition coefficient (Wildman–Crippen LogP) is 2.11. The fourth-order valence-electron chi connectivity index (χ4n) is 1.17. The van der Waals surface area contributed by atoms with Gasteiger partial charge in [0.15, 0.2) is 17.8 Å². The Morgan fingerprint density at radius 1 is 1.53 bits per heavy atom. The Morgan fingerprint density at radius 3 is 3.07 bits per heavy atom. The van der Waals surface area contributed by atoms with E-state index in [1.807, 2.05) is 0 Å². The van der Waals surface area contributed by atoms with Crippen molar-refractivity contribution >= 4 is 5.97 Å². The van der Waals surface area contributed by atoms with Crippen LogP contribution in [0.2, 0.25) is 0 Å². The van der Waals surface area contributed by atoms with Crippen LogP contribution in [0.25, 0.3) is 11.5 Å². The van der Waals surface area contributed by atoms with Crippen LogP contribution >= 0.6 is 0 Å². The van der Waals surface area contributed by atoms with Crippen LogP contribution in [-0.2, 0) is 4.74 Å². The summed E-state index contributed by atoms with van der Waals surface area (Å²) in [7, 11) is 0. The molecule has 0 spiro atoms. The first-order valence-electron chi connectivity index (χ1n) is 4.47. The van der Waals surface area contributed by atoms with Gasteiger partial charge in [-0.3, -0.25) is 0 Å². The summed E-state index contributed by atoms with van der Waals surface area (Å²) in [5.74, 6) is 0.228. The molecule has 0 fully saturated rings. The predicted molar refractivity (Wildman–Crippen MR) is 50.2 cm³/mol. The van der Waals surface area contributed by atoms with Crippen molar-refractivity contribution in [1.82, 2.24) is 4.98 Å². The lowest BCUT2D eigenvalue weighted by atomic mass is 10.3. The van der Waals surface area contributed by atoms with Crippen LogP contribution in [0.5, 0.6) is 0 Å². The highest BCUT2D eigenvalue weighted by Crippen LogP contribution is 2.23. The van der Waals surface area contributed by atoms with Gasteiger partial charge in [0.1, 0.15) is 0 Å². The van der Waals surface area contributed by atoms with Crippen LogP contribution in [0.3, 0.4) is 0 Å². The number of esters is 1. The molecular weight excluding hydrogens is 198 g/mol. The molecule has 0 atom stereocenters. The van der Waals surface area contributed by atoms with Gasteiger partial charge in [-0.2, -0.15) is 0 Å². The highest BCUT2D eigenvalue weighted by atomic mass is 16.5. The van der Waals surface area contributed by atoms with E-state index in [4.69, 9.17) is 13.6 Å². The van der Waals surface area contributed by atoms with Gasteiger partial charge in [0.2, 0.25) is 5.76 Å². The molecular formula is C10H9NO4. The minimum Gasteiger partial charge on any atom is -0.461 e. The van der Waals surface area contributed by atoms with Crippen molar-refractivity contribution in [1.29, 1.82) is 0 Å². The molecule has 2 aromatic rings. The van der Waals surface area contributed by atoms with Crippen LogP contribution in [0.15, 0.2) is 33.6 Å². The van der Waals surface area contributed by atoms with Gasteiger partial charge in [0.05, 0.1) is 12.9 Å². The maximum Gasteiger partial charge on any atom is 0.361 e. The molecule has 0 aliphatic heterocycles. The number of hydrogen-bond donors (Lipinski definition) is 0. The zero-order valence-corrected chi connectivity index (χ0v) is 8.10. The highest BCUT2D eigenvalue weighted by Gasteiger charge is 2.20. The Bertz CT molecular complexity index is 444. The maximum atomic E-state index is 11.4. The Kier molecular flexibility index (Phi) is 2.53. The standard InChI is InChI=1S/C10H9NO4/c1-2-13-10(12)8-9(15-6-11-8)7-4-3-5-14-7/h3-6H,2H2,1H3. The molecule has 0 aliphatic rings. The van der Waals surface area contributed by atoms with E-state index in [0.717, 1.165) is 0 Å². The molecule has 0 saturated carbocycles. The molecule has 2 aromatic heterocycles. The Hall–Kier alpha value is -2.04. The number of ether oxygens (including phenoxy) is 1. The molecule has 0 aliphatic carbocycles. The average molecular weight is 207 g/mol. The van der Waals surface area contributed by atoms with E-state index in [9.17, 15) is 4.79 Å². The highest BCUT2D eigenvalue weighted by molar-refractivity contribution is 5.92. The van der Waals surface area contributed by atoms with E-state index < -0.39 is 5.97 Å². The third-order valence-electron chi connectivity index (χ3n) is 1.78. The molecule has 5 heteroatoms. The summed E-state index contributed by atoms with van der Waals surface area (Å²) in [4.78, 5) is 15.2. The first kappa shape index (κ1) is 9.51. The lowest BCUT2D eigenvalue weighted by molar-refractivity contribution is 0.0520. The van der Waals surface area contributed by atoms with E-state index >= 15 is 0 Å². The molecule has 15 heavy (non-hydrogen) atoms. The second-order valence-electron chi connectivity index (χ2n) is 2.73. The first-order chi connectivity index (χ1) is 7.33. The Morgan fingerprint density at radius 2 is 2.40 bits per heavy atom. The van der Waals surface area contributed by atoms with E-state index in [-0.39, 0.29) is 5.69 Å². The van der Waals surface area contributed by atoms with E-state index in [1.165, 1.54) is 12.7 Å². The van der Waals surface area contributed by atoms with Gasteiger partial charge in [0, 0.05) is 0 Å². The fourth-order valence-corrected chi connectivity index (χ4v) is 1.17. The van der Waals surface area contributed by atoms with Crippen LogP contribution in [0.4, 0.5) is 0 Å². The smallest absolute Gasteiger partial charge is 0.361 e. The molecule has 78 valence electrons. The molecule has 0 aromatic carbocycles. The van der Waals surface area contributed by atoms with Gasteiger partial charge < -0.3 is 13.6 Å². The lowest BCUT2D eigenvalue weighted by Crippen LogP contribution is -2.06. The number of carbonyl (C=O) groups excluding carboxylic acids is 1. The number of oxazole rings is 1. The summed E-state index contributed by atoms with van der Waals surface area (Å²) in [6, 6.07) is 3.38. The van der Waals surface area contributed by atoms with Gasteiger partial charge >= 0.3 is 5.97 Å². The first-order valence-corrected chi connectivity index (χ1v) is 4.47. The molecule has 5 nitrogen and oxygen atoms in total. The van der Waals surface area contributed by atoms with E-state index in [0.29, 0.717) is 18.1 Å². The number of furan rings is 1. The topological polar surface area (TPSA) is 65.5 Å². The lowest BCUT2D eigenvalue weighted by Gasteiger charge is -1.98. The summed E-state index contributed by atoms with van der Waals surface area (Å²) in [6.07, 6.45) is 2.68. The summed E-state index contributed by atoms with van der Waals surface area (Å²) >= 11 is 0. The van der Waals surface area contributed by atoms with E-state index in [1.54, 1.807) is 19.1 Å². The quantitative estimate of drug-likeness (QED) is 0.721. The van der Waals surface area contributed by atoms with Crippen LogP contribution in [-0.4, -0.2) is 17.6 Å². The second-order valence-corrected chi connectivity index (χ2v) is 2.73. The van der Waals surface area contributed by atoms with Crippen molar-refractivity contribution in [2.24, 2.45) is 0 Å². The largest absolute Gasteiger partial charge is 0.461 e. The number of carbonyl (C=O) groups is 1. The molecule has 0 bridgehead atoms. The maximum absolute atomic E-state index is 11.4. The second kappa shape index (κ2) is 4.00. The van der Waals surface area contributed by atoms with Gasteiger partial charge in [0.25, 0.3) is 0 Å². The van der Waals surface area contributed by atoms with Gasteiger partial charge in [-0.05, 0) is 19.1 Å². The SMILES string of the molecule is CCOC(=O)c1ncoc1-c1ccco1. The van der Waals surface area contributed by atoms with Crippen molar-refractivity contribution in [3.8, 4) is 11.5 Å². The van der Waals surface area contributed by atoms with Crippen molar-refractivity contribution in [2.75, 3.05) is 6.61 Å². The summed E-state index contributed by atoms with van der Waals surface area (Å²) in [6.45, 7) is 2.02. The average Bonchev–Trinajstić information content (AvgIpc) is 2.88. The molecule has 2 heterocycles. The van der Waals surface area contributed by atoms with Gasteiger partial charge in [-0.15, -0.1) is 0 Å². The van der Waals surface area contributed by atoms with Crippen molar-refractivity contribution in [2.45, 2.75) is 6.92 Å². The van der Waals surface area contributed by atoms with Crippen molar-refractivity contribution in [3.63, 3.8) is 0 Å². The number of aromatic nitrogens is 1. The molecule has 0 radical (unpaired) electrons. The van der Waals surface area contributed by atoms with Crippen LogP contribution < -0.4 is 0 Å². The number of nitrogens with zero attached hydrogens (tertiary/aromatic N) is 1. The van der Waals surface area contributed by atoms with Crippen LogP contribution in [0, 0.1) is 0 Å². The number of rotatable bonds is 3. The summed E-state index contributed by atoms with van der Waals surface area (Å²) in [5.41, 5.74) is 0.131. The minimum absolute atomic E-state index is 0.131. The van der Waals surface area contributed by atoms with Gasteiger partial charge in [-0.25, -0.2) is 9.78 Å². The number of hydrogen-bond acceptors (Lipinski definition) is 5. The van der Waals surface area contributed by atoms with Crippen molar-refractivity contribution < 1.29 is 18.4 Å². The molecule has 0 N–H and O–H groups in total. The summed E-state index contributed by atoms with van der Waals surface area (Å²) in [5, 5.41) is 0.